The molecule has 3 saturated heterocycles. The van der Waals surface area contributed by atoms with Crippen LogP contribution in [0.3, 0.4) is 0 Å². The Bertz CT molecular complexity index is 907. The number of hydrogen-bond donors (Lipinski definition) is 0. The van der Waals surface area contributed by atoms with Gasteiger partial charge in [0.25, 0.3) is 0 Å². The minimum absolute atomic E-state index is 0.145. The molecule has 1 amide bonds. The Kier molecular flexibility index (Phi) is 3.03. The van der Waals surface area contributed by atoms with Crippen LogP contribution in [0.1, 0.15) is 19.4 Å². The van der Waals surface area contributed by atoms with Gasteiger partial charge < -0.3 is 9.80 Å². The van der Waals surface area contributed by atoms with Gasteiger partial charge >= 0.3 is 0 Å². The number of anilines is 1. The molecule has 6 heterocycles. The fourth-order valence-corrected chi connectivity index (χ4v) is 3.88. The average Bonchev–Trinajstić information content (AvgIpc) is 3.32. The van der Waals surface area contributed by atoms with Crippen molar-refractivity contribution >= 4 is 17.4 Å². The second-order valence-corrected chi connectivity index (χ2v) is 6.68. The number of carbonyl (C=O) groups excluding carboxylic acids is 1. The first-order valence-corrected chi connectivity index (χ1v) is 8.44. The maximum absolute atomic E-state index is 12.8. The predicted molar refractivity (Wildman–Crippen MR) is 89.0 cm³/mol. The van der Waals surface area contributed by atoms with Gasteiger partial charge in [0.1, 0.15) is 18.2 Å². The molecule has 0 aliphatic carbocycles. The molecule has 3 fully saturated rings. The highest BCUT2D eigenvalue weighted by Gasteiger charge is 2.48. The van der Waals surface area contributed by atoms with E-state index in [4.69, 9.17) is 0 Å². The number of hydrogen-bond acceptors (Lipinski definition) is 6. The standard InChI is InChI=1S/C16H18N8O/c1-11(22-6-2-5-18-22)16(25)24-12-7-13(24)9-21(8-12)15-4-3-14-19-17-10-23(14)20-15/h2-6,10-13H,7-9H2,1H3. The highest BCUT2D eigenvalue weighted by molar-refractivity contribution is 5.82. The summed E-state index contributed by atoms with van der Waals surface area (Å²) in [7, 11) is 0. The van der Waals surface area contributed by atoms with E-state index >= 15 is 0 Å². The molecule has 0 N–H and O–H groups in total. The van der Waals surface area contributed by atoms with Crippen molar-refractivity contribution in [2.45, 2.75) is 31.5 Å². The van der Waals surface area contributed by atoms with Crippen LogP contribution in [0.5, 0.6) is 0 Å². The monoisotopic (exact) mass is 338 g/mol. The first-order chi connectivity index (χ1) is 12.2. The number of piperidine rings is 1. The minimum Gasteiger partial charge on any atom is -0.351 e. The second kappa shape index (κ2) is 5.27. The molecule has 3 aliphatic rings. The van der Waals surface area contributed by atoms with E-state index in [1.165, 1.54) is 0 Å². The lowest BCUT2D eigenvalue weighted by Gasteiger charge is -2.57. The Morgan fingerprint density at radius 2 is 2.12 bits per heavy atom. The fraction of sp³-hybridized carbons (Fsp3) is 0.438. The SMILES string of the molecule is CC(C(=O)N1C2CC1CN(c1ccc3nncn3n1)C2)n1cccn1. The molecule has 3 atom stereocenters. The third kappa shape index (κ3) is 2.19. The Hall–Kier alpha value is -2.97. The number of amides is 1. The molecule has 6 rings (SSSR count). The van der Waals surface area contributed by atoms with Gasteiger partial charge in [-0.2, -0.15) is 9.61 Å². The zero-order chi connectivity index (χ0) is 17.0. The van der Waals surface area contributed by atoms with Crippen LogP contribution >= 0.6 is 0 Å². The summed E-state index contributed by atoms with van der Waals surface area (Å²) >= 11 is 0. The van der Waals surface area contributed by atoms with E-state index in [-0.39, 0.29) is 24.0 Å². The number of piperazine rings is 1. The molecule has 128 valence electrons. The van der Waals surface area contributed by atoms with E-state index in [9.17, 15) is 4.79 Å². The first-order valence-electron chi connectivity index (χ1n) is 8.44. The fourth-order valence-electron chi connectivity index (χ4n) is 3.88. The van der Waals surface area contributed by atoms with E-state index in [0.29, 0.717) is 0 Å². The Labute approximate surface area is 143 Å². The van der Waals surface area contributed by atoms with Gasteiger partial charge in [-0.1, -0.05) is 0 Å². The van der Waals surface area contributed by atoms with Gasteiger partial charge in [-0.05, 0) is 31.5 Å². The molecule has 3 aromatic heterocycles. The lowest BCUT2D eigenvalue weighted by Crippen LogP contribution is -2.71. The molecule has 9 nitrogen and oxygen atoms in total. The predicted octanol–water partition coefficient (Wildman–Crippen LogP) is 0.371. The zero-order valence-corrected chi connectivity index (χ0v) is 13.8. The molecule has 0 spiro atoms. The molecular weight excluding hydrogens is 320 g/mol. The van der Waals surface area contributed by atoms with E-state index in [1.807, 2.05) is 36.2 Å². The molecule has 3 aromatic rings. The molecule has 0 saturated carbocycles. The van der Waals surface area contributed by atoms with Crippen LogP contribution in [0, 0.1) is 0 Å². The number of aromatic nitrogens is 6. The zero-order valence-electron chi connectivity index (χ0n) is 13.8. The van der Waals surface area contributed by atoms with Gasteiger partial charge in [0.2, 0.25) is 5.91 Å². The molecule has 0 aromatic carbocycles. The van der Waals surface area contributed by atoms with Crippen LogP contribution < -0.4 is 4.90 Å². The van der Waals surface area contributed by atoms with Gasteiger partial charge in [0.15, 0.2) is 5.65 Å². The summed E-state index contributed by atoms with van der Waals surface area (Å²) in [5, 5.41) is 16.6. The summed E-state index contributed by atoms with van der Waals surface area (Å²) in [6, 6.07) is 5.93. The Morgan fingerprint density at radius 1 is 1.28 bits per heavy atom. The number of nitrogens with zero attached hydrogens (tertiary/aromatic N) is 8. The van der Waals surface area contributed by atoms with Crippen LogP contribution in [0.2, 0.25) is 0 Å². The van der Waals surface area contributed by atoms with E-state index in [1.54, 1.807) is 21.7 Å². The molecule has 0 radical (unpaired) electrons. The molecule has 3 aliphatic heterocycles. The third-order valence-corrected chi connectivity index (χ3v) is 5.20. The number of carbonyl (C=O) groups is 1. The van der Waals surface area contributed by atoms with E-state index < -0.39 is 0 Å². The van der Waals surface area contributed by atoms with E-state index in [0.717, 1.165) is 31.0 Å². The largest absolute Gasteiger partial charge is 0.351 e. The van der Waals surface area contributed by atoms with Crippen LogP contribution in [0.4, 0.5) is 5.82 Å². The summed E-state index contributed by atoms with van der Waals surface area (Å²) in [6.45, 7) is 3.51. The summed E-state index contributed by atoms with van der Waals surface area (Å²) in [4.78, 5) is 17.1. The maximum Gasteiger partial charge on any atom is 0.247 e. The number of fused-ring (bicyclic) bond motifs is 3. The van der Waals surface area contributed by atoms with Crippen molar-refractivity contribution in [3.05, 3.63) is 36.9 Å². The second-order valence-electron chi connectivity index (χ2n) is 6.68. The third-order valence-electron chi connectivity index (χ3n) is 5.20. The summed E-state index contributed by atoms with van der Waals surface area (Å²) in [5.41, 5.74) is 0.732. The topological polar surface area (TPSA) is 84.5 Å². The van der Waals surface area contributed by atoms with Crippen LogP contribution in [-0.2, 0) is 4.79 Å². The Balaban J connectivity index is 1.32. The van der Waals surface area contributed by atoms with Crippen molar-refractivity contribution in [2.75, 3.05) is 18.0 Å². The van der Waals surface area contributed by atoms with Gasteiger partial charge in [-0.25, -0.2) is 0 Å². The highest BCUT2D eigenvalue weighted by Crippen LogP contribution is 2.35. The molecule has 25 heavy (non-hydrogen) atoms. The quantitative estimate of drug-likeness (QED) is 0.686. The van der Waals surface area contributed by atoms with Crippen molar-refractivity contribution in [1.29, 1.82) is 0 Å². The molecule has 2 bridgehead atoms. The normalized spacial score (nSPS) is 23.6. The van der Waals surface area contributed by atoms with Crippen molar-refractivity contribution in [1.82, 2.24) is 34.5 Å². The lowest BCUT2D eigenvalue weighted by molar-refractivity contribution is -0.149. The summed E-state index contributed by atoms with van der Waals surface area (Å²) < 4.78 is 3.40. The van der Waals surface area contributed by atoms with Gasteiger partial charge in [0, 0.05) is 25.5 Å². The molecule has 9 heteroatoms. The highest BCUT2D eigenvalue weighted by atomic mass is 16.2. The summed E-state index contributed by atoms with van der Waals surface area (Å²) in [5.74, 6) is 1.04. The van der Waals surface area contributed by atoms with Gasteiger partial charge in [0.05, 0.1) is 12.1 Å². The smallest absolute Gasteiger partial charge is 0.247 e. The van der Waals surface area contributed by atoms with E-state index in [2.05, 4.69) is 25.3 Å². The van der Waals surface area contributed by atoms with Crippen LogP contribution in [0.25, 0.3) is 5.65 Å². The molecule has 3 unspecified atom stereocenters. The van der Waals surface area contributed by atoms with Crippen LogP contribution in [-0.4, -0.2) is 65.6 Å². The first kappa shape index (κ1) is 14.4. The maximum atomic E-state index is 12.8. The van der Waals surface area contributed by atoms with Crippen molar-refractivity contribution in [2.24, 2.45) is 0 Å². The van der Waals surface area contributed by atoms with Crippen molar-refractivity contribution < 1.29 is 4.79 Å². The molecular formula is C16H18N8O. The van der Waals surface area contributed by atoms with Gasteiger partial charge in [-0.3, -0.25) is 9.48 Å². The van der Waals surface area contributed by atoms with Crippen molar-refractivity contribution in [3.8, 4) is 0 Å². The minimum atomic E-state index is -0.265. The van der Waals surface area contributed by atoms with Crippen LogP contribution in [0.15, 0.2) is 36.9 Å². The lowest BCUT2D eigenvalue weighted by atomic mass is 9.86. The average molecular weight is 338 g/mol. The summed E-state index contributed by atoms with van der Waals surface area (Å²) in [6.07, 6.45) is 6.20. The Morgan fingerprint density at radius 3 is 2.88 bits per heavy atom. The van der Waals surface area contributed by atoms with Crippen molar-refractivity contribution in [3.63, 3.8) is 0 Å². The van der Waals surface area contributed by atoms with Gasteiger partial charge in [-0.15, -0.1) is 15.3 Å². The number of rotatable bonds is 3.